The van der Waals surface area contributed by atoms with E-state index in [0.717, 1.165) is 19.4 Å². The summed E-state index contributed by atoms with van der Waals surface area (Å²) in [6, 6.07) is 1.25. The first-order valence-corrected chi connectivity index (χ1v) is 7.31. The third kappa shape index (κ3) is 5.36. The van der Waals surface area contributed by atoms with E-state index >= 15 is 0 Å². The molecule has 4 nitrogen and oxygen atoms in total. The van der Waals surface area contributed by atoms with Crippen LogP contribution in [0.3, 0.4) is 0 Å². The maximum Gasteiger partial charge on any atom is 0.234 e. The molecule has 0 unspecified atom stereocenters. The molecule has 4 heteroatoms. The van der Waals surface area contributed by atoms with E-state index in [9.17, 15) is 4.79 Å². The van der Waals surface area contributed by atoms with E-state index in [2.05, 4.69) is 29.5 Å². The number of nitrogens with one attached hydrogen (secondary N) is 2. The van der Waals surface area contributed by atoms with Crippen LogP contribution in [-0.4, -0.2) is 50.1 Å². The van der Waals surface area contributed by atoms with Crippen molar-refractivity contribution in [3.63, 3.8) is 0 Å². The Morgan fingerprint density at radius 1 is 1.28 bits per heavy atom. The van der Waals surface area contributed by atoms with E-state index in [1.165, 1.54) is 25.7 Å². The largest absolute Gasteiger partial charge is 0.355 e. The number of likely N-dealkylation sites (N-methyl/N-ethyl adjacent to an activating group) is 1. The fraction of sp³-hybridized carbons (Fsp3) is 0.929. The molecule has 1 fully saturated rings. The number of hydrogen-bond acceptors (Lipinski definition) is 3. The Morgan fingerprint density at radius 2 is 1.94 bits per heavy atom. The lowest BCUT2D eigenvalue weighted by molar-refractivity contribution is -0.122. The van der Waals surface area contributed by atoms with E-state index in [0.29, 0.717) is 18.6 Å². The standard InChI is InChI=1S/C14H29N3O/c1-4-5-10-16-14(18)11-17(3)13-8-6-12(15-2)7-9-13/h12-13,15H,4-11H2,1-3H3,(H,16,18). The lowest BCUT2D eigenvalue weighted by atomic mass is 9.90. The summed E-state index contributed by atoms with van der Waals surface area (Å²) in [6.07, 6.45) is 7.05. The minimum atomic E-state index is 0.168. The molecule has 0 aromatic rings. The van der Waals surface area contributed by atoms with Crippen molar-refractivity contribution in [1.29, 1.82) is 0 Å². The molecule has 1 rings (SSSR count). The Kier molecular flexibility index (Phi) is 7.28. The van der Waals surface area contributed by atoms with Gasteiger partial charge in [0.15, 0.2) is 0 Å². The summed E-state index contributed by atoms with van der Waals surface area (Å²) in [7, 11) is 4.11. The van der Waals surface area contributed by atoms with Crippen LogP contribution in [0.15, 0.2) is 0 Å². The first-order chi connectivity index (χ1) is 8.67. The van der Waals surface area contributed by atoms with Crippen LogP contribution in [0.25, 0.3) is 0 Å². The number of carbonyl (C=O) groups is 1. The first kappa shape index (κ1) is 15.4. The smallest absolute Gasteiger partial charge is 0.234 e. The van der Waals surface area contributed by atoms with Gasteiger partial charge in [0.2, 0.25) is 5.91 Å². The molecular weight excluding hydrogens is 226 g/mol. The van der Waals surface area contributed by atoms with E-state index in [1.807, 2.05) is 7.05 Å². The number of amides is 1. The van der Waals surface area contributed by atoms with Gasteiger partial charge in [0.1, 0.15) is 0 Å². The third-order valence-corrected chi connectivity index (χ3v) is 3.97. The molecule has 0 aromatic carbocycles. The lowest BCUT2D eigenvalue weighted by Crippen LogP contribution is -2.44. The predicted octanol–water partition coefficient (Wildman–Crippen LogP) is 1.37. The van der Waals surface area contributed by atoms with Crippen LogP contribution in [0.5, 0.6) is 0 Å². The van der Waals surface area contributed by atoms with E-state index in [-0.39, 0.29) is 5.91 Å². The maximum atomic E-state index is 11.7. The second-order valence-electron chi connectivity index (χ2n) is 5.41. The second kappa shape index (κ2) is 8.48. The van der Waals surface area contributed by atoms with Gasteiger partial charge in [0.05, 0.1) is 6.54 Å². The quantitative estimate of drug-likeness (QED) is 0.675. The molecule has 0 saturated heterocycles. The highest BCUT2D eigenvalue weighted by Gasteiger charge is 2.23. The van der Waals surface area contributed by atoms with Crippen molar-refractivity contribution in [3.8, 4) is 0 Å². The van der Waals surface area contributed by atoms with Crippen LogP contribution in [-0.2, 0) is 4.79 Å². The molecule has 0 heterocycles. The highest BCUT2D eigenvalue weighted by Crippen LogP contribution is 2.21. The first-order valence-electron chi connectivity index (χ1n) is 7.31. The van der Waals surface area contributed by atoms with Gasteiger partial charge in [-0.3, -0.25) is 9.69 Å². The number of hydrogen-bond donors (Lipinski definition) is 2. The summed E-state index contributed by atoms with van der Waals surface area (Å²) >= 11 is 0. The normalized spacial score (nSPS) is 24.2. The van der Waals surface area contributed by atoms with Crippen molar-refractivity contribution in [1.82, 2.24) is 15.5 Å². The molecule has 18 heavy (non-hydrogen) atoms. The zero-order valence-electron chi connectivity index (χ0n) is 12.2. The summed E-state index contributed by atoms with van der Waals surface area (Å²) < 4.78 is 0. The SMILES string of the molecule is CCCCNC(=O)CN(C)C1CCC(NC)CC1. The van der Waals surface area contributed by atoms with Crippen LogP contribution < -0.4 is 10.6 Å². The van der Waals surface area contributed by atoms with Crippen LogP contribution in [0.2, 0.25) is 0 Å². The van der Waals surface area contributed by atoms with E-state index in [4.69, 9.17) is 0 Å². The Labute approximate surface area is 111 Å². The molecule has 2 N–H and O–H groups in total. The number of carbonyl (C=O) groups excluding carboxylic acids is 1. The summed E-state index contributed by atoms with van der Waals surface area (Å²) in [6.45, 7) is 3.49. The van der Waals surface area contributed by atoms with Gasteiger partial charge in [0.25, 0.3) is 0 Å². The van der Waals surface area contributed by atoms with Gasteiger partial charge in [-0.1, -0.05) is 13.3 Å². The lowest BCUT2D eigenvalue weighted by Gasteiger charge is -2.34. The summed E-state index contributed by atoms with van der Waals surface area (Å²) in [5.41, 5.74) is 0. The maximum absolute atomic E-state index is 11.7. The predicted molar refractivity (Wildman–Crippen MR) is 75.7 cm³/mol. The minimum Gasteiger partial charge on any atom is -0.355 e. The van der Waals surface area contributed by atoms with Crippen LogP contribution >= 0.6 is 0 Å². The third-order valence-electron chi connectivity index (χ3n) is 3.97. The molecule has 1 aliphatic rings. The van der Waals surface area contributed by atoms with Gasteiger partial charge < -0.3 is 10.6 Å². The van der Waals surface area contributed by atoms with Gasteiger partial charge >= 0.3 is 0 Å². The van der Waals surface area contributed by atoms with Crippen molar-refractivity contribution in [2.75, 3.05) is 27.2 Å². The van der Waals surface area contributed by atoms with E-state index in [1.54, 1.807) is 0 Å². The van der Waals surface area contributed by atoms with Gasteiger partial charge in [-0.15, -0.1) is 0 Å². The van der Waals surface area contributed by atoms with Crippen molar-refractivity contribution in [2.45, 2.75) is 57.5 Å². The van der Waals surface area contributed by atoms with Crippen molar-refractivity contribution < 1.29 is 4.79 Å². The number of rotatable bonds is 7. The molecular formula is C14H29N3O. The number of nitrogens with zero attached hydrogens (tertiary/aromatic N) is 1. The molecule has 0 radical (unpaired) electrons. The minimum absolute atomic E-state index is 0.168. The zero-order chi connectivity index (χ0) is 13.4. The fourth-order valence-corrected chi connectivity index (χ4v) is 2.62. The average Bonchev–Trinajstić information content (AvgIpc) is 2.39. The Balaban J connectivity index is 2.20. The molecule has 0 spiro atoms. The summed E-state index contributed by atoms with van der Waals surface area (Å²) in [5.74, 6) is 0.168. The molecule has 0 atom stereocenters. The second-order valence-corrected chi connectivity index (χ2v) is 5.41. The van der Waals surface area contributed by atoms with E-state index < -0.39 is 0 Å². The molecule has 1 saturated carbocycles. The molecule has 0 bridgehead atoms. The molecule has 1 aliphatic carbocycles. The van der Waals surface area contributed by atoms with Crippen molar-refractivity contribution in [3.05, 3.63) is 0 Å². The van der Waals surface area contributed by atoms with Crippen LogP contribution in [0.1, 0.15) is 45.4 Å². The van der Waals surface area contributed by atoms with Crippen molar-refractivity contribution in [2.24, 2.45) is 0 Å². The van der Waals surface area contributed by atoms with Crippen LogP contribution in [0.4, 0.5) is 0 Å². The molecule has 0 aromatic heterocycles. The topological polar surface area (TPSA) is 44.4 Å². The van der Waals surface area contributed by atoms with Gasteiger partial charge in [0, 0.05) is 18.6 Å². The number of unbranched alkanes of at least 4 members (excludes halogenated alkanes) is 1. The van der Waals surface area contributed by atoms with Gasteiger partial charge in [-0.2, -0.15) is 0 Å². The van der Waals surface area contributed by atoms with Crippen LogP contribution in [0, 0.1) is 0 Å². The van der Waals surface area contributed by atoms with Gasteiger partial charge in [-0.05, 0) is 46.2 Å². The highest BCUT2D eigenvalue weighted by molar-refractivity contribution is 5.77. The van der Waals surface area contributed by atoms with Crippen molar-refractivity contribution >= 4 is 5.91 Å². The molecule has 106 valence electrons. The molecule has 0 aliphatic heterocycles. The fourth-order valence-electron chi connectivity index (χ4n) is 2.62. The monoisotopic (exact) mass is 255 g/mol. The highest BCUT2D eigenvalue weighted by atomic mass is 16.2. The van der Waals surface area contributed by atoms with Gasteiger partial charge in [-0.25, -0.2) is 0 Å². The average molecular weight is 255 g/mol. The Morgan fingerprint density at radius 3 is 2.50 bits per heavy atom. The Hall–Kier alpha value is -0.610. The molecule has 1 amide bonds. The Bertz CT molecular complexity index is 237. The zero-order valence-corrected chi connectivity index (χ0v) is 12.2. The summed E-state index contributed by atoms with van der Waals surface area (Å²) in [4.78, 5) is 13.9. The summed E-state index contributed by atoms with van der Waals surface area (Å²) in [5, 5.41) is 6.32.